The van der Waals surface area contributed by atoms with Crippen LogP contribution in [-0.2, 0) is 4.79 Å². The van der Waals surface area contributed by atoms with E-state index >= 15 is 0 Å². The molecule has 0 aliphatic carbocycles. The van der Waals surface area contributed by atoms with E-state index in [0.29, 0.717) is 25.7 Å². The van der Waals surface area contributed by atoms with Crippen molar-refractivity contribution in [1.29, 1.82) is 0 Å². The molecule has 0 atom stereocenters. The number of anilines is 1. The third-order valence-corrected chi connectivity index (χ3v) is 4.14. The summed E-state index contributed by atoms with van der Waals surface area (Å²) in [4.78, 5) is 16.3. The largest absolute Gasteiger partial charge is 0.326 e. The van der Waals surface area contributed by atoms with Crippen LogP contribution < -0.4 is 5.32 Å². The molecule has 1 N–H and O–H groups in total. The summed E-state index contributed by atoms with van der Waals surface area (Å²) in [5.74, 6) is 2.51. The fourth-order valence-electron chi connectivity index (χ4n) is 2.23. The van der Waals surface area contributed by atoms with Crippen molar-refractivity contribution in [2.24, 2.45) is 10.2 Å². The summed E-state index contributed by atoms with van der Waals surface area (Å²) in [5, 5.41) is 10.9. The van der Waals surface area contributed by atoms with Gasteiger partial charge in [-0.15, -0.1) is 12.3 Å². The summed E-state index contributed by atoms with van der Waals surface area (Å²) in [6.45, 7) is 0. The molecule has 0 saturated carbocycles. The topological polar surface area (TPSA) is 71.1 Å². The molecule has 1 aliphatic heterocycles. The maximum Gasteiger partial charge on any atom is 0.224 e. The smallest absolute Gasteiger partial charge is 0.224 e. The van der Waals surface area contributed by atoms with E-state index in [1.165, 1.54) is 0 Å². The number of carbonyl (C=O) groups excluding carboxylic acids is 1. The lowest BCUT2D eigenvalue weighted by molar-refractivity contribution is -0.116. The number of fused-ring (bicyclic) bond motifs is 1. The molecule has 0 unspecified atom stereocenters. The quantitative estimate of drug-likeness (QED) is 0.802. The molecule has 1 aliphatic rings. The van der Waals surface area contributed by atoms with Crippen LogP contribution in [-0.4, -0.2) is 21.0 Å². The fraction of sp³-hybridized carbons (Fsp3) is 0.333. The first-order valence-electron chi connectivity index (χ1n) is 6.92. The standard InChI is InChI=1S/C15H14BrN5O/c1-2-3-6-15(19-20-15)7-4-14(22)18-11-5-8-21-12(16)10-17-13(21)9-11/h1,5,8-10H,3-4,6-7H2,(H,18,22). The van der Waals surface area contributed by atoms with Crippen molar-refractivity contribution in [2.75, 3.05) is 5.32 Å². The zero-order valence-corrected chi connectivity index (χ0v) is 13.4. The van der Waals surface area contributed by atoms with Gasteiger partial charge in [0.05, 0.1) is 6.20 Å². The van der Waals surface area contributed by atoms with Gasteiger partial charge >= 0.3 is 0 Å². The molecule has 0 aromatic carbocycles. The molecule has 0 spiro atoms. The van der Waals surface area contributed by atoms with E-state index in [4.69, 9.17) is 6.42 Å². The van der Waals surface area contributed by atoms with Crippen LogP contribution in [0.25, 0.3) is 5.65 Å². The Morgan fingerprint density at radius 2 is 2.27 bits per heavy atom. The number of nitrogens with one attached hydrogen (secondary N) is 1. The molecular weight excluding hydrogens is 346 g/mol. The van der Waals surface area contributed by atoms with Crippen molar-refractivity contribution in [2.45, 2.75) is 31.3 Å². The molecule has 112 valence electrons. The Morgan fingerprint density at radius 1 is 1.45 bits per heavy atom. The third-order valence-electron chi connectivity index (χ3n) is 3.56. The second-order valence-corrected chi connectivity index (χ2v) is 5.97. The summed E-state index contributed by atoms with van der Waals surface area (Å²) in [7, 11) is 0. The van der Waals surface area contributed by atoms with Gasteiger partial charge in [0.2, 0.25) is 5.91 Å². The first-order valence-corrected chi connectivity index (χ1v) is 7.71. The Bertz CT molecular complexity index is 783. The normalized spacial score (nSPS) is 14.7. The van der Waals surface area contributed by atoms with Crippen molar-refractivity contribution in [3.8, 4) is 12.3 Å². The zero-order valence-electron chi connectivity index (χ0n) is 11.8. The van der Waals surface area contributed by atoms with Crippen LogP contribution in [0.4, 0.5) is 5.69 Å². The highest BCUT2D eigenvalue weighted by Gasteiger charge is 2.39. The average Bonchev–Trinajstić information content (AvgIpc) is 3.20. The van der Waals surface area contributed by atoms with Crippen LogP contribution in [0.1, 0.15) is 25.7 Å². The van der Waals surface area contributed by atoms with Crippen molar-refractivity contribution in [3.05, 3.63) is 29.1 Å². The molecule has 2 aromatic heterocycles. The van der Waals surface area contributed by atoms with E-state index in [-0.39, 0.29) is 5.91 Å². The Balaban J connectivity index is 1.56. The minimum absolute atomic E-state index is 0.0626. The molecule has 0 saturated heterocycles. The number of imidazole rings is 1. The molecule has 0 radical (unpaired) electrons. The monoisotopic (exact) mass is 359 g/mol. The summed E-state index contributed by atoms with van der Waals surface area (Å²) >= 11 is 3.39. The number of hydrogen-bond acceptors (Lipinski definition) is 4. The van der Waals surface area contributed by atoms with Gasteiger partial charge in [-0.25, -0.2) is 4.98 Å². The maximum atomic E-state index is 12.0. The van der Waals surface area contributed by atoms with E-state index in [2.05, 4.69) is 42.4 Å². The number of aromatic nitrogens is 2. The fourth-order valence-corrected chi connectivity index (χ4v) is 2.63. The highest BCUT2D eigenvalue weighted by molar-refractivity contribution is 9.10. The first kappa shape index (κ1) is 14.7. The van der Waals surface area contributed by atoms with E-state index in [9.17, 15) is 4.79 Å². The van der Waals surface area contributed by atoms with Crippen LogP contribution in [0.2, 0.25) is 0 Å². The summed E-state index contributed by atoms with van der Waals surface area (Å²) < 4.78 is 2.75. The Kier molecular flexibility index (Phi) is 3.94. The Labute approximate surface area is 136 Å². The number of halogens is 1. The number of hydrogen-bond donors (Lipinski definition) is 1. The number of nitrogens with zero attached hydrogens (tertiary/aromatic N) is 4. The van der Waals surface area contributed by atoms with E-state index in [1.54, 1.807) is 6.20 Å². The number of amides is 1. The third kappa shape index (κ3) is 3.17. The molecule has 22 heavy (non-hydrogen) atoms. The summed E-state index contributed by atoms with van der Waals surface area (Å²) in [6, 6.07) is 3.65. The summed E-state index contributed by atoms with van der Waals surface area (Å²) in [6.07, 6.45) is 11.1. The van der Waals surface area contributed by atoms with Gasteiger partial charge in [0.25, 0.3) is 0 Å². The van der Waals surface area contributed by atoms with Gasteiger partial charge in [0.1, 0.15) is 10.3 Å². The van der Waals surface area contributed by atoms with Gasteiger partial charge in [-0.05, 0) is 22.0 Å². The van der Waals surface area contributed by atoms with Crippen molar-refractivity contribution < 1.29 is 4.79 Å². The number of rotatable bonds is 6. The minimum atomic E-state index is -0.415. The second-order valence-electron chi connectivity index (χ2n) is 5.16. The van der Waals surface area contributed by atoms with Crippen LogP contribution >= 0.6 is 15.9 Å². The minimum Gasteiger partial charge on any atom is -0.326 e. The van der Waals surface area contributed by atoms with Gasteiger partial charge in [-0.2, -0.15) is 10.2 Å². The highest BCUT2D eigenvalue weighted by Crippen LogP contribution is 2.37. The van der Waals surface area contributed by atoms with Crippen molar-refractivity contribution >= 4 is 33.2 Å². The van der Waals surface area contributed by atoms with Crippen LogP contribution in [0.3, 0.4) is 0 Å². The predicted molar refractivity (Wildman–Crippen MR) is 86.4 cm³/mol. The van der Waals surface area contributed by atoms with Gasteiger partial charge in [-0.3, -0.25) is 9.20 Å². The van der Waals surface area contributed by atoms with Gasteiger partial charge in [-0.1, -0.05) is 0 Å². The van der Waals surface area contributed by atoms with Gasteiger partial charge in [0, 0.05) is 43.6 Å². The van der Waals surface area contributed by atoms with Crippen LogP contribution in [0.15, 0.2) is 39.4 Å². The molecule has 3 heterocycles. The molecule has 7 heteroatoms. The number of terminal acetylenes is 1. The lowest BCUT2D eigenvalue weighted by Gasteiger charge is -2.09. The molecule has 2 aromatic rings. The van der Waals surface area contributed by atoms with E-state index < -0.39 is 5.66 Å². The average molecular weight is 360 g/mol. The molecule has 0 bridgehead atoms. The SMILES string of the molecule is C#CCCC1(CCC(=O)Nc2ccn3c(Br)cnc3c2)N=N1. The molecule has 6 nitrogen and oxygen atoms in total. The Morgan fingerprint density at radius 3 is 3.00 bits per heavy atom. The van der Waals surface area contributed by atoms with Crippen LogP contribution in [0.5, 0.6) is 0 Å². The maximum absolute atomic E-state index is 12.0. The van der Waals surface area contributed by atoms with Gasteiger partial charge in [0.15, 0.2) is 5.66 Å². The molecule has 0 fully saturated rings. The molecule has 3 rings (SSSR count). The zero-order chi connectivity index (χ0) is 15.6. The van der Waals surface area contributed by atoms with Crippen molar-refractivity contribution in [3.63, 3.8) is 0 Å². The second kappa shape index (κ2) is 5.89. The predicted octanol–water partition coefficient (Wildman–Crippen LogP) is 3.39. The van der Waals surface area contributed by atoms with Crippen LogP contribution in [0, 0.1) is 12.3 Å². The number of pyridine rings is 1. The lowest BCUT2D eigenvalue weighted by atomic mass is 10.0. The van der Waals surface area contributed by atoms with E-state index in [1.807, 2.05) is 22.7 Å². The Hall–Kier alpha value is -2.20. The summed E-state index contributed by atoms with van der Waals surface area (Å²) in [5.41, 5.74) is 1.07. The van der Waals surface area contributed by atoms with Gasteiger partial charge < -0.3 is 5.32 Å². The molecule has 1 amide bonds. The van der Waals surface area contributed by atoms with E-state index in [0.717, 1.165) is 15.9 Å². The molecular formula is C15H14BrN5O. The number of carbonyl (C=O) groups is 1. The first-order chi connectivity index (χ1) is 10.6. The highest BCUT2D eigenvalue weighted by atomic mass is 79.9. The lowest BCUT2D eigenvalue weighted by Crippen LogP contribution is -2.17. The van der Waals surface area contributed by atoms with Crippen molar-refractivity contribution in [1.82, 2.24) is 9.38 Å².